The molecule has 0 amide bonds. The molecule has 3 nitrogen and oxygen atoms in total. The number of phenols is 1. The van der Waals surface area contributed by atoms with E-state index < -0.39 is 5.79 Å². The van der Waals surface area contributed by atoms with Gasteiger partial charge < -0.3 is 15.3 Å². The van der Waals surface area contributed by atoms with E-state index in [1.165, 1.54) is 6.08 Å². The highest BCUT2D eigenvalue weighted by Gasteiger charge is 2.21. The van der Waals surface area contributed by atoms with Crippen molar-refractivity contribution in [2.24, 2.45) is 0 Å². The van der Waals surface area contributed by atoms with Crippen LogP contribution in [0, 0.1) is 0 Å². The van der Waals surface area contributed by atoms with Crippen LogP contribution in [0.4, 0.5) is 0 Å². The molecule has 0 bridgehead atoms. The summed E-state index contributed by atoms with van der Waals surface area (Å²) >= 11 is 0. The predicted molar refractivity (Wildman–Crippen MR) is 86.3 cm³/mol. The second kappa shape index (κ2) is 5.79. The first-order chi connectivity index (χ1) is 10.5. The third-order valence-electron chi connectivity index (χ3n) is 3.81. The summed E-state index contributed by atoms with van der Waals surface area (Å²) in [5, 5.41) is 28.5. The minimum Gasteiger partial charge on any atom is -0.508 e. The Bertz CT molecular complexity index is 725. The molecule has 3 heteroatoms. The van der Waals surface area contributed by atoms with Gasteiger partial charge in [-0.05, 0) is 46.9 Å². The van der Waals surface area contributed by atoms with E-state index in [1.807, 2.05) is 36.4 Å². The number of aliphatic hydroxyl groups is 2. The van der Waals surface area contributed by atoms with E-state index in [0.29, 0.717) is 0 Å². The molecule has 0 aromatic heterocycles. The number of phenolic OH excluding ortho intramolecular Hbond substituents is 1. The Morgan fingerprint density at radius 2 is 1.68 bits per heavy atom. The van der Waals surface area contributed by atoms with Crippen molar-refractivity contribution in [3.05, 3.63) is 83.4 Å². The summed E-state index contributed by atoms with van der Waals surface area (Å²) in [5.74, 6) is -1.48. The van der Waals surface area contributed by atoms with Gasteiger partial charge >= 0.3 is 0 Å². The molecule has 3 N–H and O–H groups in total. The third kappa shape index (κ3) is 3.27. The van der Waals surface area contributed by atoms with Crippen LogP contribution in [0.15, 0.2) is 66.8 Å². The molecule has 0 spiro atoms. The fourth-order valence-corrected chi connectivity index (χ4v) is 2.61. The molecular weight excluding hydrogens is 276 g/mol. The first-order valence-corrected chi connectivity index (χ1v) is 7.24. The van der Waals surface area contributed by atoms with Crippen molar-refractivity contribution in [1.29, 1.82) is 0 Å². The van der Waals surface area contributed by atoms with Crippen molar-refractivity contribution in [3.63, 3.8) is 0 Å². The quantitative estimate of drug-likeness (QED) is 0.763. The molecule has 0 heterocycles. The van der Waals surface area contributed by atoms with E-state index >= 15 is 0 Å². The Morgan fingerprint density at radius 3 is 2.36 bits per heavy atom. The van der Waals surface area contributed by atoms with Crippen molar-refractivity contribution in [1.82, 2.24) is 0 Å². The lowest BCUT2D eigenvalue weighted by atomic mass is 9.91. The topological polar surface area (TPSA) is 60.7 Å². The molecule has 3 rings (SSSR count). The van der Waals surface area contributed by atoms with Crippen LogP contribution in [0.3, 0.4) is 0 Å². The first-order valence-electron chi connectivity index (χ1n) is 7.24. The van der Waals surface area contributed by atoms with E-state index in [0.717, 1.165) is 28.7 Å². The van der Waals surface area contributed by atoms with Crippen molar-refractivity contribution in [2.45, 2.75) is 18.6 Å². The van der Waals surface area contributed by atoms with Crippen LogP contribution in [0.1, 0.15) is 23.1 Å². The lowest BCUT2D eigenvalue weighted by molar-refractivity contribution is -0.114. The summed E-state index contributed by atoms with van der Waals surface area (Å²) in [4.78, 5) is 0. The van der Waals surface area contributed by atoms with Crippen LogP contribution in [0.5, 0.6) is 5.75 Å². The largest absolute Gasteiger partial charge is 0.508 e. The van der Waals surface area contributed by atoms with E-state index in [9.17, 15) is 15.3 Å². The highest BCUT2D eigenvalue weighted by atomic mass is 16.5. The Labute approximate surface area is 129 Å². The second-order valence-corrected chi connectivity index (χ2v) is 5.58. The van der Waals surface area contributed by atoms with Crippen LogP contribution >= 0.6 is 0 Å². The normalized spacial score (nSPS) is 16.4. The molecule has 1 aliphatic rings. The Balaban J connectivity index is 1.89. The fraction of sp³-hybridized carbons (Fsp3) is 0.158. The average Bonchev–Trinajstić information content (AvgIpc) is 2.50. The minimum absolute atomic E-state index is 0.187. The molecule has 2 aromatic carbocycles. The first kappa shape index (κ1) is 14.6. The molecule has 1 aliphatic carbocycles. The molecule has 2 aromatic rings. The summed E-state index contributed by atoms with van der Waals surface area (Å²) in [6.07, 6.45) is 5.95. The molecule has 0 unspecified atom stereocenters. The van der Waals surface area contributed by atoms with Gasteiger partial charge in [0.15, 0.2) is 5.79 Å². The van der Waals surface area contributed by atoms with Crippen LogP contribution in [-0.4, -0.2) is 21.1 Å². The number of rotatable bonds is 3. The zero-order chi connectivity index (χ0) is 15.6. The van der Waals surface area contributed by atoms with Gasteiger partial charge in [0.25, 0.3) is 0 Å². The Hall–Kier alpha value is -2.36. The maximum Gasteiger partial charge on any atom is 0.186 e. The van der Waals surface area contributed by atoms with Gasteiger partial charge in [-0.15, -0.1) is 0 Å². The van der Waals surface area contributed by atoms with E-state index in [4.69, 9.17) is 0 Å². The van der Waals surface area contributed by atoms with Crippen LogP contribution < -0.4 is 0 Å². The molecule has 0 saturated carbocycles. The molecule has 112 valence electrons. The lowest BCUT2D eigenvalue weighted by Crippen LogP contribution is -2.25. The van der Waals surface area contributed by atoms with Gasteiger partial charge in [0.1, 0.15) is 5.75 Å². The molecular formula is C19H18O3. The number of hydrogen-bond donors (Lipinski definition) is 3. The Morgan fingerprint density at radius 1 is 0.955 bits per heavy atom. The van der Waals surface area contributed by atoms with Crippen LogP contribution in [0.25, 0.3) is 5.57 Å². The number of aromatic hydroxyl groups is 1. The van der Waals surface area contributed by atoms with Gasteiger partial charge in [0.2, 0.25) is 0 Å². The third-order valence-corrected chi connectivity index (χ3v) is 3.81. The zero-order valence-electron chi connectivity index (χ0n) is 12.1. The molecule has 0 aliphatic heterocycles. The SMILES string of the molecule is Oc1ccc(Cc2ccccc2C2=CCC(O)(O)C=C2)cc1. The lowest BCUT2D eigenvalue weighted by Gasteiger charge is -2.21. The summed E-state index contributed by atoms with van der Waals surface area (Å²) in [7, 11) is 0. The van der Waals surface area contributed by atoms with Gasteiger partial charge in [-0.25, -0.2) is 0 Å². The van der Waals surface area contributed by atoms with Crippen molar-refractivity contribution < 1.29 is 15.3 Å². The molecule has 0 fully saturated rings. The Kier molecular flexibility index (Phi) is 3.84. The van der Waals surface area contributed by atoms with Gasteiger partial charge in [0.05, 0.1) is 0 Å². The summed E-state index contributed by atoms with van der Waals surface area (Å²) in [6.45, 7) is 0. The van der Waals surface area contributed by atoms with Crippen molar-refractivity contribution >= 4 is 5.57 Å². The summed E-state index contributed by atoms with van der Waals surface area (Å²) < 4.78 is 0. The predicted octanol–water partition coefficient (Wildman–Crippen LogP) is 3.01. The maximum absolute atomic E-state index is 9.57. The highest BCUT2D eigenvalue weighted by molar-refractivity contribution is 5.77. The molecule has 0 saturated heterocycles. The van der Waals surface area contributed by atoms with E-state index in [2.05, 4.69) is 6.07 Å². The smallest absolute Gasteiger partial charge is 0.186 e. The average molecular weight is 294 g/mol. The van der Waals surface area contributed by atoms with Crippen LogP contribution in [-0.2, 0) is 6.42 Å². The maximum atomic E-state index is 9.57. The van der Waals surface area contributed by atoms with E-state index in [-0.39, 0.29) is 12.2 Å². The highest BCUT2D eigenvalue weighted by Crippen LogP contribution is 2.28. The van der Waals surface area contributed by atoms with E-state index in [1.54, 1.807) is 18.2 Å². The molecule has 0 atom stereocenters. The van der Waals surface area contributed by atoms with Crippen molar-refractivity contribution in [2.75, 3.05) is 0 Å². The summed E-state index contributed by atoms with van der Waals surface area (Å²) in [6, 6.07) is 15.3. The number of benzene rings is 2. The standard InChI is InChI=1S/C19H18O3/c20-17-7-5-14(6-8-17)13-16-3-1-2-4-18(16)15-9-11-19(21,22)12-10-15/h1-11,20-22H,12-13H2. The minimum atomic E-state index is -1.74. The van der Waals surface area contributed by atoms with Gasteiger partial charge in [-0.1, -0.05) is 48.6 Å². The number of allylic oxidation sites excluding steroid dienone is 2. The van der Waals surface area contributed by atoms with Gasteiger partial charge in [-0.3, -0.25) is 0 Å². The monoisotopic (exact) mass is 294 g/mol. The van der Waals surface area contributed by atoms with Gasteiger partial charge in [0, 0.05) is 6.42 Å². The molecule has 0 radical (unpaired) electrons. The van der Waals surface area contributed by atoms with Gasteiger partial charge in [-0.2, -0.15) is 0 Å². The van der Waals surface area contributed by atoms with Crippen LogP contribution in [0.2, 0.25) is 0 Å². The van der Waals surface area contributed by atoms with Crippen molar-refractivity contribution in [3.8, 4) is 5.75 Å². The second-order valence-electron chi connectivity index (χ2n) is 5.58. The zero-order valence-corrected chi connectivity index (χ0v) is 12.1. The summed E-state index contributed by atoms with van der Waals surface area (Å²) in [5.41, 5.74) is 4.35. The molecule has 22 heavy (non-hydrogen) atoms. The fourth-order valence-electron chi connectivity index (χ4n) is 2.61. The number of hydrogen-bond acceptors (Lipinski definition) is 3.